The Morgan fingerprint density at radius 2 is 1.90 bits per heavy atom. The van der Waals surface area contributed by atoms with Crippen LogP contribution in [0.3, 0.4) is 0 Å². The molecule has 0 spiro atoms. The Bertz CT molecular complexity index is 573. The predicted octanol–water partition coefficient (Wildman–Crippen LogP) is 4.74. The van der Waals surface area contributed by atoms with Crippen LogP contribution in [0, 0.1) is 11.8 Å². The molecule has 0 aliphatic heterocycles. The van der Waals surface area contributed by atoms with E-state index in [1.54, 1.807) is 0 Å². The molecule has 1 aromatic carbocycles. The maximum absolute atomic E-state index is 4.73. The Balaban J connectivity index is 1.36. The normalized spacial score (nSPS) is 29.4. The van der Waals surface area contributed by atoms with Crippen LogP contribution in [0.2, 0.25) is 0 Å². The fraction of sp³-hybridized carbons (Fsp3) is 0.611. The lowest BCUT2D eigenvalue weighted by atomic mass is 9.69. The fourth-order valence-electron chi connectivity index (χ4n) is 4.29. The Kier molecular flexibility index (Phi) is 3.95. The number of hydrogen-bond acceptors (Lipinski definition) is 3. The summed E-state index contributed by atoms with van der Waals surface area (Å²) in [6, 6.07) is 9.18. The minimum Gasteiger partial charge on any atom is -0.308 e. The summed E-state index contributed by atoms with van der Waals surface area (Å²) in [6.45, 7) is 0.946. The Hall–Kier alpha value is -0.930. The van der Waals surface area contributed by atoms with Crippen molar-refractivity contribution in [1.82, 2.24) is 10.3 Å². The largest absolute Gasteiger partial charge is 0.308 e. The van der Waals surface area contributed by atoms with Gasteiger partial charge in [0.2, 0.25) is 0 Å². The lowest BCUT2D eigenvalue weighted by molar-refractivity contribution is 0.143. The molecule has 2 aliphatic rings. The summed E-state index contributed by atoms with van der Waals surface area (Å²) in [5.74, 6) is 2.04. The summed E-state index contributed by atoms with van der Waals surface area (Å²) in [5, 5.41) is 5.02. The summed E-state index contributed by atoms with van der Waals surface area (Å²) < 4.78 is 1.31. The van der Waals surface area contributed by atoms with Crippen LogP contribution in [-0.2, 0) is 6.54 Å². The maximum Gasteiger partial charge on any atom is 0.108 e. The Morgan fingerprint density at radius 1 is 1.05 bits per heavy atom. The topological polar surface area (TPSA) is 24.9 Å². The van der Waals surface area contributed by atoms with Gasteiger partial charge in [-0.15, -0.1) is 11.3 Å². The van der Waals surface area contributed by atoms with Crippen LogP contribution >= 0.6 is 11.3 Å². The zero-order chi connectivity index (χ0) is 14.1. The highest BCUT2D eigenvalue weighted by atomic mass is 32.1. The Labute approximate surface area is 131 Å². The van der Waals surface area contributed by atoms with Gasteiger partial charge in [-0.05, 0) is 43.2 Å². The number of aromatic nitrogens is 1. The maximum atomic E-state index is 4.73. The molecule has 0 radical (unpaired) electrons. The third kappa shape index (κ3) is 3.00. The molecule has 2 saturated carbocycles. The first-order chi connectivity index (χ1) is 10.4. The number of nitrogens with one attached hydrogen (secondary N) is 1. The number of para-hydroxylation sites is 1. The van der Waals surface area contributed by atoms with Crippen molar-refractivity contribution in [1.29, 1.82) is 0 Å². The van der Waals surface area contributed by atoms with E-state index in [2.05, 4.69) is 29.6 Å². The van der Waals surface area contributed by atoms with E-state index in [9.17, 15) is 0 Å². The van der Waals surface area contributed by atoms with E-state index in [1.807, 2.05) is 11.3 Å². The van der Waals surface area contributed by atoms with Gasteiger partial charge in [0, 0.05) is 12.6 Å². The number of rotatable bonds is 3. The number of thiazole rings is 1. The first kappa shape index (κ1) is 13.7. The molecule has 2 aromatic rings. The van der Waals surface area contributed by atoms with Gasteiger partial charge < -0.3 is 5.32 Å². The van der Waals surface area contributed by atoms with Gasteiger partial charge in [0.05, 0.1) is 10.2 Å². The third-order valence-electron chi connectivity index (χ3n) is 5.42. The molecule has 2 fully saturated rings. The molecule has 0 saturated heterocycles. The van der Waals surface area contributed by atoms with Gasteiger partial charge in [0.15, 0.2) is 0 Å². The molecule has 3 heteroatoms. The highest BCUT2D eigenvalue weighted by Crippen LogP contribution is 2.40. The summed E-state index contributed by atoms with van der Waals surface area (Å²) in [5.41, 5.74) is 1.15. The van der Waals surface area contributed by atoms with Gasteiger partial charge in [-0.3, -0.25) is 0 Å². The van der Waals surface area contributed by atoms with E-state index in [0.29, 0.717) is 0 Å². The number of nitrogens with zero attached hydrogens (tertiary/aromatic N) is 1. The summed E-state index contributed by atoms with van der Waals surface area (Å²) in [6.07, 6.45) is 10.1. The molecule has 112 valence electrons. The minimum atomic E-state index is 0.719. The molecular formula is C18H24N2S. The molecule has 3 atom stereocenters. The van der Waals surface area contributed by atoms with E-state index in [4.69, 9.17) is 4.98 Å². The van der Waals surface area contributed by atoms with E-state index < -0.39 is 0 Å². The molecule has 0 bridgehead atoms. The molecule has 21 heavy (non-hydrogen) atoms. The van der Waals surface area contributed by atoms with Crippen LogP contribution in [0.25, 0.3) is 10.2 Å². The molecule has 3 unspecified atom stereocenters. The molecule has 1 N–H and O–H groups in total. The molecule has 1 aromatic heterocycles. The van der Waals surface area contributed by atoms with Crippen LogP contribution in [0.5, 0.6) is 0 Å². The van der Waals surface area contributed by atoms with Gasteiger partial charge in [0.25, 0.3) is 0 Å². The van der Waals surface area contributed by atoms with Crippen molar-refractivity contribution in [2.75, 3.05) is 0 Å². The van der Waals surface area contributed by atoms with Crippen LogP contribution in [-0.4, -0.2) is 11.0 Å². The monoisotopic (exact) mass is 300 g/mol. The minimum absolute atomic E-state index is 0.719. The van der Waals surface area contributed by atoms with E-state index in [1.165, 1.54) is 54.7 Å². The quantitative estimate of drug-likeness (QED) is 0.885. The first-order valence-electron chi connectivity index (χ1n) is 8.46. The van der Waals surface area contributed by atoms with Crippen molar-refractivity contribution in [3.05, 3.63) is 29.3 Å². The zero-order valence-electron chi connectivity index (χ0n) is 12.6. The smallest absolute Gasteiger partial charge is 0.108 e. The van der Waals surface area contributed by atoms with E-state index in [-0.39, 0.29) is 0 Å². The average Bonchev–Trinajstić information content (AvgIpc) is 2.95. The number of hydrogen-bond donors (Lipinski definition) is 1. The van der Waals surface area contributed by atoms with Gasteiger partial charge >= 0.3 is 0 Å². The molecule has 1 heterocycles. The van der Waals surface area contributed by atoms with Crippen molar-refractivity contribution in [2.45, 2.75) is 57.5 Å². The van der Waals surface area contributed by atoms with Crippen LogP contribution in [0.4, 0.5) is 0 Å². The lowest BCUT2D eigenvalue weighted by Crippen LogP contribution is -2.38. The second-order valence-electron chi connectivity index (χ2n) is 6.77. The SMILES string of the molecule is c1ccc2sc(CNC3CCC4CCCCC4C3)nc2c1. The highest BCUT2D eigenvalue weighted by Gasteiger charge is 2.31. The molecule has 2 aliphatic carbocycles. The van der Waals surface area contributed by atoms with Crippen LogP contribution in [0.1, 0.15) is 50.0 Å². The van der Waals surface area contributed by atoms with Gasteiger partial charge in [-0.2, -0.15) is 0 Å². The first-order valence-corrected chi connectivity index (χ1v) is 9.28. The summed E-state index contributed by atoms with van der Waals surface area (Å²) >= 11 is 1.84. The fourth-order valence-corrected chi connectivity index (χ4v) is 5.20. The number of fused-ring (bicyclic) bond motifs is 2. The summed E-state index contributed by atoms with van der Waals surface area (Å²) in [7, 11) is 0. The van der Waals surface area contributed by atoms with Crippen molar-refractivity contribution in [3.8, 4) is 0 Å². The second-order valence-corrected chi connectivity index (χ2v) is 7.89. The molecule has 2 nitrogen and oxygen atoms in total. The average molecular weight is 300 g/mol. The number of benzene rings is 1. The van der Waals surface area contributed by atoms with Gasteiger partial charge in [0.1, 0.15) is 5.01 Å². The van der Waals surface area contributed by atoms with E-state index in [0.717, 1.165) is 29.9 Å². The lowest BCUT2D eigenvalue weighted by Gasteiger charge is -2.39. The molecule has 4 rings (SSSR count). The van der Waals surface area contributed by atoms with E-state index >= 15 is 0 Å². The highest BCUT2D eigenvalue weighted by molar-refractivity contribution is 7.18. The molecular weight excluding hydrogens is 276 g/mol. The van der Waals surface area contributed by atoms with Crippen molar-refractivity contribution in [2.24, 2.45) is 11.8 Å². The predicted molar refractivity (Wildman–Crippen MR) is 89.5 cm³/mol. The summed E-state index contributed by atoms with van der Waals surface area (Å²) in [4.78, 5) is 4.73. The van der Waals surface area contributed by atoms with Gasteiger partial charge in [-0.1, -0.05) is 37.8 Å². The Morgan fingerprint density at radius 3 is 2.81 bits per heavy atom. The van der Waals surface area contributed by atoms with Crippen LogP contribution in [0.15, 0.2) is 24.3 Å². The molecule has 0 amide bonds. The standard InChI is InChI=1S/C18H24N2S/c1-2-6-14-11-15(10-9-13(14)5-1)19-12-18-20-16-7-3-4-8-17(16)21-18/h3-4,7-8,13-15,19H,1-2,5-6,9-12H2. The third-order valence-corrected chi connectivity index (χ3v) is 6.46. The van der Waals surface area contributed by atoms with Crippen LogP contribution < -0.4 is 5.32 Å². The van der Waals surface area contributed by atoms with Crippen molar-refractivity contribution >= 4 is 21.6 Å². The van der Waals surface area contributed by atoms with Gasteiger partial charge in [-0.25, -0.2) is 4.98 Å². The van der Waals surface area contributed by atoms with Crippen molar-refractivity contribution < 1.29 is 0 Å². The van der Waals surface area contributed by atoms with Crippen molar-refractivity contribution in [3.63, 3.8) is 0 Å². The zero-order valence-corrected chi connectivity index (χ0v) is 13.4. The second kappa shape index (κ2) is 6.05.